The first kappa shape index (κ1) is 18.4. The number of methoxy groups -OCH3 is 1. The van der Waals surface area contributed by atoms with Gasteiger partial charge in [-0.3, -0.25) is 4.79 Å². The normalized spacial score (nSPS) is 11.9. The second kappa shape index (κ2) is 7.49. The van der Waals surface area contributed by atoms with Gasteiger partial charge in [0.25, 0.3) is 5.91 Å². The summed E-state index contributed by atoms with van der Waals surface area (Å²) in [5.41, 5.74) is 1.37. The summed E-state index contributed by atoms with van der Waals surface area (Å²) >= 11 is 0. The number of furan rings is 1. The second-order valence-corrected chi connectivity index (χ2v) is 5.96. The van der Waals surface area contributed by atoms with Crippen molar-refractivity contribution in [2.75, 3.05) is 12.4 Å². The van der Waals surface area contributed by atoms with Crippen molar-refractivity contribution >= 4 is 28.5 Å². The van der Waals surface area contributed by atoms with E-state index in [1.54, 1.807) is 38.3 Å². The molecule has 2 aromatic carbocycles. The minimum atomic E-state index is -1.05. The van der Waals surface area contributed by atoms with E-state index < -0.39 is 23.8 Å². The predicted molar refractivity (Wildman–Crippen MR) is 97.4 cm³/mol. The smallest absolute Gasteiger partial charge is 0.375 e. The van der Waals surface area contributed by atoms with Gasteiger partial charge in [0.05, 0.1) is 7.11 Å². The number of hydrogen-bond acceptors (Lipinski definition) is 5. The molecule has 1 amide bonds. The van der Waals surface area contributed by atoms with Crippen LogP contribution in [-0.4, -0.2) is 25.1 Å². The number of carbonyl (C=O) groups is 2. The number of aryl methyl sites for hydroxylation is 1. The van der Waals surface area contributed by atoms with Crippen molar-refractivity contribution < 1.29 is 27.9 Å². The number of benzene rings is 2. The highest BCUT2D eigenvalue weighted by atomic mass is 19.1. The largest absolute Gasteiger partial charge is 0.497 e. The Kier molecular flexibility index (Phi) is 5.12. The van der Waals surface area contributed by atoms with E-state index in [0.29, 0.717) is 28.0 Å². The number of nitrogens with one attached hydrogen (secondary N) is 1. The van der Waals surface area contributed by atoms with Crippen LogP contribution in [0.2, 0.25) is 0 Å². The molecule has 0 aliphatic heterocycles. The van der Waals surface area contributed by atoms with Crippen LogP contribution in [0.3, 0.4) is 0 Å². The third-order valence-electron chi connectivity index (χ3n) is 4.09. The topological polar surface area (TPSA) is 77.8 Å². The lowest BCUT2D eigenvalue weighted by Gasteiger charge is -2.13. The molecule has 0 aliphatic rings. The van der Waals surface area contributed by atoms with Gasteiger partial charge in [-0.05, 0) is 56.3 Å². The highest BCUT2D eigenvalue weighted by Crippen LogP contribution is 2.27. The van der Waals surface area contributed by atoms with Crippen molar-refractivity contribution in [3.8, 4) is 5.75 Å². The molecule has 3 aromatic rings. The molecule has 27 heavy (non-hydrogen) atoms. The van der Waals surface area contributed by atoms with Crippen LogP contribution in [0.5, 0.6) is 5.75 Å². The zero-order valence-electron chi connectivity index (χ0n) is 15.0. The van der Waals surface area contributed by atoms with Gasteiger partial charge in [-0.25, -0.2) is 9.18 Å². The molecule has 0 radical (unpaired) electrons. The van der Waals surface area contributed by atoms with Gasteiger partial charge < -0.3 is 19.2 Å². The van der Waals surface area contributed by atoms with Crippen LogP contribution >= 0.6 is 0 Å². The van der Waals surface area contributed by atoms with Gasteiger partial charge in [-0.1, -0.05) is 0 Å². The van der Waals surface area contributed by atoms with Gasteiger partial charge in [-0.15, -0.1) is 0 Å². The van der Waals surface area contributed by atoms with Crippen molar-refractivity contribution in [2.24, 2.45) is 0 Å². The zero-order chi connectivity index (χ0) is 19.6. The highest BCUT2D eigenvalue weighted by molar-refractivity contribution is 5.99. The Balaban J connectivity index is 1.69. The number of halogens is 1. The summed E-state index contributed by atoms with van der Waals surface area (Å²) < 4.78 is 29.1. The van der Waals surface area contributed by atoms with Crippen molar-refractivity contribution in [2.45, 2.75) is 20.0 Å². The van der Waals surface area contributed by atoms with Crippen molar-refractivity contribution in [3.63, 3.8) is 0 Å². The molecule has 0 saturated heterocycles. The van der Waals surface area contributed by atoms with Crippen LogP contribution < -0.4 is 10.1 Å². The summed E-state index contributed by atoms with van der Waals surface area (Å²) in [5.74, 6) is -1.11. The minimum Gasteiger partial charge on any atom is -0.497 e. The van der Waals surface area contributed by atoms with Gasteiger partial charge in [0.1, 0.15) is 17.1 Å². The number of amides is 1. The molecule has 3 rings (SSSR count). The van der Waals surface area contributed by atoms with E-state index in [0.717, 1.165) is 0 Å². The van der Waals surface area contributed by atoms with Crippen LogP contribution in [0.4, 0.5) is 10.1 Å². The van der Waals surface area contributed by atoms with Crippen LogP contribution in [-0.2, 0) is 9.53 Å². The Morgan fingerprint density at radius 1 is 1.15 bits per heavy atom. The maximum absolute atomic E-state index is 13.4. The molecule has 140 valence electrons. The first-order valence-corrected chi connectivity index (χ1v) is 8.23. The van der Waals surface area contributed by atoms with Gasteiger partial charge in [0, 0.05) is 16.6 Å². The van der Waals surface area contributed by atoms with E-state index in [2.05, 4.69) is 5.32 Å². The van der Waals surface area contributed by atoms with Crippen LogP contribution in [0.1, 0.15) is 23.0 Å². The highest BCUT2D eigenvalue weighted by Gasteiger charge is 2.24. The summed E-state index contributed by atoms with van der Waals surface area (Å²) in [5, 5.41) is 3.13. The lowest BCUT2D eigenvalue weighted by molar-refractivity contribution is -0.123. The Hall–Kier alpha value is -3.35. The molecule has 1 heterocycles. The molecular weight excluding hydrogens is 353 g/mol. The molecule has 6 nitrogen and oxygen atoms in total. The Labute approximate surface area is 154 Å². The van der Waals surface area contributed by atoms with E-state index in [1.807, 2.05) is 0 Å². The Morgan fingerprint density at radius 3 is 2.52 bits per heavy atom. The molecule has 0 aliphatic carbocycles. The molecule has 0 bridgehead atoms. The molecule has 0 unspecified atom stereocenters. The van der Waals surface area contributed by atoms with Gasteiger partial charge >= 0.3 is 5.97 Å². The lowest BCUT2D eigenvalue weighted by Crippen LogP contribution is -2.30. The Morgan fingerprint density at radius 2 is 1.85 bits per heavy atom. The molecule has 0 saturated carbocycles. The fraction of sp³-hybridized carbons (Fsp3) is 0.200. The molecule has 7 heteroatoms. The number of ether oxygens (including phenoxy) is 2. The summed E-state index contributed by atoms with van der Waals surface area (Å²) in [6.07, 6.45) is -1.05. The van der Waals surface area contributed by atoms with Gasteiger partial charge in [0.15, 0.2) is 6.10 Å². The number of anilines is 1. The average Bonchev–Trinajstić information content (AvgIpc) is 2.98. The monoisotopic (exact) mass is 371 g/mol. The number of fused-ring (bicyclic) bond motifs is 1. The number of rotatable bonds is 5. The molecular formula is C20H18FNO5. The van der Waals surface area contributed by atoms with E-state index in [-0.39, 0.29) is 5.76 Å². The van der Waals surface area contributed by atoms with E-state index in [4.69, 9.17) is 13.9 Å². The number of carbonyl (C=O) groups excluding carboxylic acids is 2. The summed E-state index contributed by atoms with van der Waals surface area (Å²) in [6, 6.07) is 10.7. The number of hydrogen-bond donors (Lipinski definition) is 1. The quantitative estimate of drug-likeness (QED) is 0.684. The standard InChI is InChI=1S/C20H18FNO5/c1-11-16-10-13(21)4-9-17(16)27-18(11)20(24)26-12(2)19(23)22-14-5-7-15(25-3)8-6-14/h4-10,12H,1-3H3,(H,22,23)/t12-/m0/s1. The molecule has 0 fully saturated rings. The van der Waals surface area contributed by atoms with Crippen molar-refractivity contribution in [1.29, 1.82) is 0 Å². The van der Waals surface area contributed by atoms with Crippen LogP contribution in [0, 0.1) is 12.7 Å². The predicted octanol–water partition coefficient (Wildman–Crippen LogP) is 4.07. The number of esters is 1. The molecule has 1 N–H and O–H groups in total. The lowest BCUT2D eigenvalue weighted by atomic mass is 10.1. The molecule has 1 aromatic heterocycles. The van der Waals surface area contributed by atoms with Crippen LogP contribution in [0.15, 0.2) is 46.9 Å². The van der Waals surface area contributed by atoms with Crippen LogP contribution in [0.25, 0.3) is 11.0 Å². The van der Waals surface area contributed by atoms with Gasteiger partial charge in [-0.2, -0.15) is 0 Å². The third-order valence-corrected chi connectivity index (χ3v) is 4.09. The van der Waals surface area contributed by atoms with Gasteiger partial charge in [0.2, 0.25) is 5.76 Å². The fourth-order valence-electron chi connectivity index (χ4n) is 2.57. The molecule has 0 spiro atoms. The first-order chi connectivity index (χ1) is 12.9. The maximum Gasteiger partial charge on any atom is 0.375 e. The van der Waals surface area contributed by atoms with E-state index in [9.17, 15) is 14.0 Å². The third kappa shape index (κ3) is 3.92. The zero-order valence-corrected chi connectivity index (χ0v) is 15.0. The minimum absolute atomic E-state index is 0.0558. The first-order valence-electron chi connectivity index (χ1n) is 8.23. The van der Waals surface area contributed by atoms with Crippen molar-refractivity contribution in [3.05, 3.63) is 59.6 Å². The fourth-order valence-corrected chi connectivity index (χ4v) is 2.57. The summed E-state index contributed by atoms with van der Waals surface area (Å²) in [6.45, 7) is 3.08. The average molecular weight is 371 g/mol. The summed E-state index contributed by atoms with van der Waals surface area (Å²) in [7, 11) is 1.55. The molecule has 1 atom stereocenters. The maximum atomic E-state index is 13.4. The second-order valence-electron chi connectivity index (χ2n) is 5.96. The van der Waals surface area contributed by atoms with Crippen molar-refractivity contribution in [1.82, 2.24) is 0 Å². The van der Waals surface area contributed by atoms with E-state index in [1.165, 1.54) is 25.1 Å². The van der Waals surface area contributed by atoms with E-state index >= 15 is 0 Å². The SMILES string of the molecule is COc1ccc(NC(=O)[C@H](C)OC(=O)c2oc3ccc(F)cc3c2C)cc1. The summed E-state index contributed by atoms with van der Waals surface area (Å²) in [4.78, 5) is 24.6. The Bertz CT molecular complexity index is 994.